The molecule has 2 fully saturated rings. The lowest BCUT2D eigenvalue weighted by Crippen LogP contribution is -2.58. The first kappa shape index (κ1) is 45.4. The van der Waals surface area contributed by atoms with Crippen LogP contribution in [0.15, 0.2) is 0 Å². The number of alkyl carbamates (subject to hydrolysis) is 1. The van der Waals surface area contributed by atoms with E-state index >= 15 is 0 Å². The Morgan fingerprint density at radius 1 is 0.849 bits per heavy atom. The molecule has 16 heteroatoms. The van der Waals surface area contributed by atoms with Gasteiger partial charge in [0, 0.05) is 13.0 Å². The van der Waals surface area contributed by atoms with E-state index in [1.54, 1.807) is 27.7 Å². The minimum absolute atomic E-state index is 0.0786. The lowest BCUT2D eigenvalue weighted by atomic mass is 9.83. The third kappa shape index (κ3) is 16.0. The molecule has 16 nitrogen and oxygen atoms in total. The number of nitrogens with one attached hydrogen (secondary N) is 4. The maximum absolute atomic E-state index is 14.4. The number of ether oxygens (including phenoxy) is 3. The standard InChI is InChI=1S/C37H64N6O10/c1-10-14-25(30(45)33(48)39-18-28(44)40-26(31(38)46)21-52-36(4,5)6)41-32(47)27-17-24(53-37(7,8)9)19-43(27)34(49)29(23-15-12-11-13-16-23)42-35(50)51-20-22(2)3/h22-27,29H,10-21H2,1-9H3,(H2,38,46)(H,39,48)(H,40,44)(H,41,47)(H,42,50)/t24-,25?,26?,27+,29?/m1/s1. The molecule has 3 unspecified atom stereocenters. The topological polar surface area (TPSA) is 225 Å². The molecule has 0 aromatic rings. The monoisotopic (exact) mass is 752 g/mol. The number of hydrogen-bond acceptors (Lipinski definition) is 10. The molecule has 0 aromatic carbocycles. The van der Waals surface area contributed by atoms with Crippen molar-refractivity contribution in [2.75, 3.05) is 26.3 Å². The number of carbonyl (C=O) groups excluding carboxylic acids is 7. The average Bonchev–Trinajstić information content (AvgIpc) is 3.48. The first-order valence-corrected chi connectivity index (χ1v) is 18.9. The fraction of sp³-hybridized carbons (Fsp3) is 0.811. The van der Waals surface area contributed by atoms with Gasteiger partial charge >= 0.3 is 6.09 Å². The number of nitrogens with zero attached hydrogens (tertiary/aromatic N) is 1. The summed E-state index contributed by atoms with van der Waals surface area (Å²) in [6, 6.07) is -4.41. The molecule has 0 radical (unpaired) electrons. The molecule has 2 aliphatic rings. The molecule has 6 N–H and O–H groups in total. The zero-order valence-corrected chi connectivity index (χ0v) is 33.1. The van der Waals surface area contributed by atoms with Crippen molar-refractivity contribution in [3.8, 4) is 0 Å². The van der Waals surface area contributed by atoms with Gasteiger partial charge in [-0.25, -0.2) is 4.79 Å². The molecule has 1 aliphatic carbocycles. The molecule has 0 bridgehead atoms. The van der Waals surface area contributed by atoms with Crippen LogP contribution in [0.25, 0.3) is 0 Å². The van der Waals surface area contributed by atoms with Gasteiger partial charge in [-0.05, 0) is 72.6 Å². The number of likely N-dealkylation sites (tertiary alicyclic amines) is 1. The van der Waals surface area contributed by atoms with E-state index in [2.05, 4.69) is 21.3 Å². The van der Waals surface area contributed by atoms with E-state index < -0.39 is 89.4 Å². The van der Waals surface area contributed by atoms with Gasteiger partial charge in [0.15, 0.2) is 0 Å². The highest BCUT2D eigenvalue weighted by Crippen LogP contribution is 2.31. The van der Waals surface area contributed by atoms with Gasteiger partial charge in [-0.1, -0.05) is 46.5 Å². The van der Waals surface area contributed by atoms with Gasteiger partial charge in [-0.15, -0.1) is 0 Å². The smallest absolute Gasteiger partial charge is 0.407 e. The number of rotatable bonds is 18. The SMILES string of the molecule is CCCC(NC(=O)[C@@H]1C[C@@H](OC(C)(C)C)CN1C(=O)C(NC(=O)OCC(C)C)C1CCCCC1)C(=O)C(=O)NCC(=O)NC(COC(C)(C)C)C(N)=O. The summed E-state index contributed by atoms with van der Waals surface area (Å²) in [5.41, 5.74) is 4.19. The van der Waals surface area contributed by atoms with Crippen LogP contribution in [0.5, 0.6) is 0 Å². The molecule has 5 atom stereocenters. The highest BCUT2D eigenvalue weighted by Gasteiger charge is 2.46. The Bertz CT molecular complexity index is 1290. The maximum atomic E-state index is 14.4. The van der Waals surface area contributed by atoms with Crippen molar-refractivity contribution in [3.05, 3.63) is 0 Å². The number of carbonyl (C=O) groups is 7. The van der Waals surface area contributed by atoms with Gasteiger partial charge in [0.1, 0.15) is 18.1 Å². The predicted octanol–water partition coefficient (Wildman–Crippen LogP) is 1.86. The molecule has 0 aromatic heterocycles. The van der Waals surface area contributed by atoms with E-state index in [0.717, 1.165) is 32.1 Å². The van der Waals surface area contributed by atoms with Crippen LogP contribution >= 0.6 is 0 Å². The first-order valence-electron chi connectivity index (χ1n) is 18.9. The Morgan fingerprint density at radius 2 is 1.49 bits per heavy atom. The second-order valence-corrected chi connectivity index (χ2v) is 16.4. The number of Topliss-reactive ketones (excluding diaryl/α,β-unsaturated/α-hetero) is 1. The van der Waals surface area contributed by atoms with E-state index in [1.807, 2.05) is 34.6 Å². The lowest BCUT2D eigenvalue weighted by molar-refractivity contribution is -0.143. The van der Waals surface area contributed by atoms with Gasteiger partial charge in [0.25, 0.3) is 5.91 Å². The van der Waals surface area contributed by atoms with Crippen LogP contribution in [0.4, 0.5) is 4.79 Å². The van der Waals surface area contributed by atoms with E-state index in [4.69, 9.17) is 19.9 Å². The van der Waals surface area contributed by atoms with Crippen molar-refractivity contribution in [3.63, 3.8) is 0 Å². The highest BCUT2D eigenvalue weighted by atomic mass is 16.5. The van der Waals surface area contributed by atoms with E-state index in [1.165, 1.54) is 4.90 Å². The van der Waals surface area contributed by atoms with Crippen molar-refractivity contribution in [2.24, 2.45) is 17.6 Å². The summed E-state index contributed by atoms with van der Waals surface area (Å²) in [7, 11) is 0. The largest absolute Gasteiger partial charge is 0.449 e. The molecule has 1 heterocycles. The Morgan fingerprint density at radius 3 is 2.04 bits per heavy atom. The number of primary amides is 1. The van der Waals surface area contributed by atoms with Crippen molar-refractivity contribution in [2.45, 2.75) is 155 Å². The number of amides is 6. The van der Waals surface area contributed by atoms with Crippen LogP contribution in [0.2, 0.25) is 0 Å². The highest BCUT2D eigenvalue weighted by molar-refractivity contribution is 6.38. The van der Waals surface area contributed by atoms with Gasteiger partial charge in [-0.2, -0.15) is 0 Å². The molecule has 6 amide bonds. The number of ketones is 1. The summed E-state index contributed by atoms with van der Waals surface area (Å²) < 4.78 is 17.1. The third-order valence-corrected chi connectivity index (χ3v) is 8.78. The third-order valence-electron chi connectivity index (χ3n) is 8.78. The van der Waals surface area contributed by atoms with Gasteiger partial charge in [-0.3, -0.25) is 28.8 Å². The van der Waals surface area contributed by atoms with Crippen molar-refractivity contribution < 1.29 is 47.8 Å². The molecule has 1 saturated heterocycles. The molecular formula is C37H64N6O10. The summed E-state index contributed by atoms with van der Waals surface area (Å²) in [4.78, 5) is 93.3. The average molecular weight is 753 g/mol. The minimum atomic E-state index is -1.26. The molecule has 1 aliphatic heterocycles. The zero-order valence-electron chi connectivity index (χ0n) is 33.1. The zero-order chi connectivity index (χ0) is 40.1. The number of hydrogen-bond donors (Lipinski definition) is 5. The number of nitrogens with two attached hydrogens (primary N) is 1. The molecule has 53 heavy (non-hydrogen) atoms. The summed E-state index contributed by atoms with van der Waals surface area (Å²) in [5.74, 6) is -4.86. The quantitative estimate of drug-likeness (QED) is 0.128. The fourth-order valence-electron chi connectivity index (χ4n) is 6.32. The maximum Gasteiger partial charge on any atom is 0.407 e. The Labute approximate surface area is 314 Å². The molecule has 1 saturated carbocycles. The van der Waals surface area contributed by atoms with E-state index in [9.17, 15) is 33.6 Å². The van der Waals surface area contributed by atoms with Crippen molar-refractivity contribution in [1.82, 2.24) is 26.2 Å². The second kappa shape index (κ2) is 20.6. The van der Waals surface area contributed by atoms with Crippen LogP contribution in [-0.2, 0) is 43.0 Å². The summed E-state index contributed by atoms with van der Waals surface area (Å²) in [5, 5.41) is 10.1. The van der Waals surface area contributed by atoms with Crippen LogP contribution < -0.4 is 27.0 Å². The van der Waals surface area contributed by atoms with Gasteiger partial charge in [0.2, 0.25) is 29.4 Å². The summed E-state index contributed by atoms with van der Waals surface area (Å²) in [6.07, 6.45) is 3.71. The lowest BCUT2D eigenvalue weighted by Gasteiger charge is -2.34. The Hall–Kier alpha value is -3.79. The molecule has 302 valence electrons. The van der Waals surface area contributed by atoms with Gasteiger partial charge in [0.05, 0.1) is 43.1 Å². The van der Waals surface area contributed by atoms with Crippen molar-refractivity contribution in [1.29, 1.82) is 0 Å². The Kier molecular flexibility index (Phi) is 17.6. The van der Waals surface area contributed by atoms with Crippen LogP contribution in [0, 0.1) is 11.8 Å². The summed E-state index contributed by atoms with van der Waals surface area (Å²) in [6.45, 7) is 15.9. The van der Waals surface area contributed by atoms with E-state index in [0.29, 0.717) is 6.42 Å². The molecule has 0 spiro atoms. The molecular weight excluding hydrogens is 688 g/mol. The van der Waals surface area contributed by atoms with Crippen molar-refractivity contribution >= 4 is 41.4 Å². The van der Waals surface area contributed by atoms with E-state index in [-0.39, 0.29) is 44.4 Å². The first-order chi connectivity index (χ1) is 24.6. The Balaban J connectivity index is 2.23. The second-order valence-electron chi connectivity index (χ2n) is 16.4. The van der Waals surface area contributed by atoms with Gasteiger partial charge < -0.3 is 46.1 Å². The predicted molar refractivity (Wildman–Crippen MR) is 196 cm³/mol. The normalized spacial score (nSPS) is 19.8. The van der Waals surface area contributed by atoms with Crippen LogP contribution in [-0.4, -0.2) is 114 Å². The van der Waals surface area contributed by atoms with Crippen LogP contribution in [0.3, 0.4) is 0 Å². The summed E-state index contributed by atoms with van der Waals surface area (Å²) >= 11 is 0. The minimum Gasteiger partial charge on any atom is -0.449 e. The van der Waals surface area contributed by atoms with Crippen LogP contribution in [0.1, 0.15) is 114 Å². The fourth-order valence-corrected chi connectivity index (χ4v) is 6.32. The molecule has 2 rings (SSSR count).